The topological polar surface area (TPSA) is 123 Å². The van der Waals surface area contributed by atoms with Crippen molar-refractivity contribution in [3.63, 3.8) is 0 Å². The fourth-order valence-electron chi connectivity index (χ4n) is 3.43. The first kappa shape index (κ1) is 21.2. The summed E-state index contributed by atoms with van der Waals surface area (Å²) in [6.07, 6.45) is -5.35. The van der Waals surface area contributed by atoms with Crippen LogP contribution in [0, 0.1) is 25.2 Å². The molecule has 4 N–H and O–H groups in total. The van der Waals surface area contributed by atoms with Gasteiger partial charge in [0.2, 0.25) is 6.29 Å². The smallest absolute Gasteiger partial charge is 0.231 e. The predicted molar refractivity (Wildman–Crippen MR) is 105 cm³/mol. The summed E-state index contributed by atoms with van der Waals surface area (Å²) in [4.78, 5) is 0. The van der Waals surface area contributed by atoms with Crippen molar-refractivity contribution < 1.29 is 29.9 Å². The molecular weight excluding hydrogens is 374 g/mol. The molecule has 154 valence electrons. The highest BCUT2D eigenvalue weighted by Gasteiger charge is 2.53. The molecule has 2 aromatic carbocycles. The molecule has 7 heteroatoms. The van der Waals surface area contributed by atoms with Crippen molar-refractivity contribution in [1.82, 2.24) is 0 Å². The SMILES string of the molecule is Cc1cc(-c2cc(C#N)ccc2C)ccc1O[C@H]1O[C@H](CO)[C@@H](O)[C@H](O)[C@]1(C)O. The Balaban J connectivity index is 1.89. The molecule has 29 heavy (non-hydrogen) atoms. The Hall–Kier alpha value is -2.47. The number of aliphatic hydroxyl groups excluding tert-OH is 3. The first-order chi connectivity index (χ1) is 13.7. The normalized spacial score (nSPS) is 29.3. The quantitative estimate of drug-likeness (QED) is 0.613. The molecule has 1 aliphatic heterocycles. The van der Waals surface area contributed by atoms with Crippen LogP contribution in [0.2, 0.25) is 0 Å². The molecule has 0 unspecified atom stereocenters. The molecule has 2 aromatic rings. The van der Waals surface area contributed by atoms with Crippen LogP contribution < -0.4 is 4.74 Å². The first-order valence-corrected chi connectivity index (χ1v) is 9.32. The number of hydrogen-bond donors (Lipinski definition) is 4. The van der Waals surface area contributed by atoms with Crippen molar-refractivity contribution in [2.45, 2.75) is 51.0 Å². The molecule has 3 rings (SSSR count). The van der Waals surface area contributed by atoms with E-state index in [-0.39, 0.29) is 0 Å². The van der Waals surface area contributed by atoms with E-state index in [1.807, 2.05) is 38.1 Å². The summed E-state index contributed by atoms with van der Waals surface area (Å²) in [7, 11) is 0. The number of benzene rings is 2. The van der Waals surface area contributed by atoms with Gasteiger partial charge in [-0.15, -0.1) is 0 Å². The van der Waals surface area contributed by atoms with Crippen molar-refractivity contribution in [2.75, 3.05) is 6.61 Å². The number of aliphatic hydroxyl groups is 4. The number of rotatable bonds is 4. The minimum Gasteiger partial charge on any atom is -0.461 e. The summed E-state index contributed by atoms with van der Waals surface area (Å²) in [6, 6.07) is 13.1. The molecule has 0 amide bonds. The van der Waals surface area contributed by atoms with E-state index in [1.165, 1.54) is 6.92 Å². The lowest BCUT2D eigenvalue weighted by molar-refractivity contribution is -0.314. The number of ether oxygens (including phenoxy) is 2. The van der Waals surface area contributed by atoms with Crippen LogP contribution in [0.4, 0.5) is 0 Å². The third-order valence-electron chi connectivity index (χ3n) is 5.35. The summed E-state index contributed by atoms with van der Waals surface area (Å²) in [5.74, 6) is 0.424. The predicted octanol–water partition coefficient (Wildman–Crippen LogP) is 1.41. The van der Waals surface area contributed by atoms with Crippen molar-refractivity contribution in [3.05, 3.63) is 53.1 Å². The van der Waals surface area contributed by atoms with E-state index in [0.717, 1.165) is 22.3 Å². The van der Waals surface area contributed by atoms with Crippen LogP contribution in [0.15, 0.2) is 36.4 Å². The molecule has 5 atom stereocenters. The lowest BCUT2D eigenvalue weighted by atomic mass is 9.88. The van der Waals surface area contributed by atoms with Gasteiger partial charge >= 0.3 is 0 Å². The molecule has 0 aromatic heterocycles. The van der Waals surface area contributed by atoms with Crippen molar-refractivity contribution >= 4 is 0 Å². The minimum atomic E-state index is -1.88. The van der Waals surface area contributed by atoms with Crippen LogP contribution in [0.25, 0.3) is 11.1 Å². The summed E-state index contributed by atoms with van der Waals surface area (Å²) in [6.45, 7) is 4.57. The van der Waals surface area contributed by atoms with E-state index in [2.05, 4.69) is 6.07 Å². The fourth-order valence-corrected chi connectivity index (χ4v) is 3.43. The lowest BCUT2D eigenvalue weighted by Gasteiger charge is -2.45. The average Bonchev–Trinajstić information content (AvgIpc) is 2.70. The second kappa shape index (κ2) is 8.11. The van der Waals surface area contributed by atoms with Gasteiger partial charge in [-0.25, -0.2) is 0 Å². The summed E-state index contributed by atoms with van der Waals surface area (Å²) < 4.78 is 11.3. The van der Waals surface area contributed by atoms with E-state index < -0.39 is 36.8 Å². The van der Waals surface area contributed by atoms with E-state index >= 15 is 0 Å². The molecule has 0 bridgehead atoms. The van der Waals surface area contributed by atoms with Crippen LogP contribution >= 0.6 is 0 Å². The number of hydrogen-bond acceptors (Lipinski definition) is 7. The molecule has 0 aliphatic carbocycles. The summed E-state index contributed by atoms with van der Waals surface area (Å²) in [5.41, 5.74) is 2.30. The molecule has 1 heterocycles. The van der Waals surface area contributed by atoms with Gasteiger partial charge in [-0.1, -0.05) is 12.1 Å². The van der Waals surface area contributed by atoms with Crippen LogP contribution in [0.3, 0.4) is 0 Å². The molecule has 1 fully saturated rings. The number of aryl methyl sites for hydroxylation is 2. The molecule has 1 aliphatic rings. The Kier molecular flexibility index (Phi) is 5.94. The van der Waals surface area contributed by atoms with Crippen LogP contribution in [0.5, 0.6) is 5.75 Å². The lowest BCUT2D eigenvalue weighted by Crippen LogP contribution is -2.66. The van der Waals surface area contributed by atoms with Crippen molar-refractivity contribution in [3.8, 4) is 22.9 Å². The fraction of sp³-hybridized carbons (Fsp3) is 0.409. The zero-order chi connectivity index (χ0) is 21.3. The monoisotopic (exact) mass is 399 g/mol. The number of nitrogens with zero attached hydrogens (tertiary/aromatic N) is 1. The Bertz CT molecular complexity index is 935. The van der Waals surface area contributed by atoms with Gasteiger partial charge in [-0.3, -0.25) is 0 Å². The van der Waals surface area contributed by atoms with Gasteiger partial charge in [0.1, 0.15) is 24.1 Å². The van der Waals surface area contributed by atoms with Gasteiger partial charge in [-0.05, 0) is 67.3 Å². The summed E-state index contributed by atoms with van der Waals surface area (Å²) >= 11 is 0. The number of nitriles is 1. The van der Waals surface area contributed by atoms with Gasteiger partial charge in [0.05, 0.1) is 18.2 Å². The van der Waals surface area contributed by atoms with Crippen LogP contribution in [-0.2, 0) is 4.74 Å². The van der Waals surface area contributed by atoms with E-state index in [1.54, 1.807) is 12.1 Å². The second-order valence-electron chi connectivity index (χ2n) is 7.59. The van der Waals surface area contributed by atoms with Gasteiger partial charge in [0.25, 0.3) is 0 Å². The highest BCUT2D eigenvalue weighted by molar-refractivity contribution is 5.70. The Morgan fingerprint density at radius 1 is 1.14 bits per heavy atom. The third kappa shape index (κ3) is 3.99. The standard InChI is InChI=1S/C22H25NO6/c1-12-4-5-14(10-23)9-16(12)15-6-7-17(13(2)8-15)28-21-22(3,27)20(26)19(25)18(11-24)29-21/h4-9,18-21,24-27H,11H2,1-3H3/t18-,19-,20+,21+,22+/m1/s1. The molecular formula is C22H25NO6. The molecule has 0 spiro atoms. The van der Waals surface area contributed by atoms with Gasteiger partial charge in [0, 0.05) is 0 Å². The molecule has 7 nitrogen and oxygen atoms in total. The maximum absolute atomic E-state index is 10.6. The third-order valence-corrected chi connectivity index (χ3v) is 5.35. The Labute approximate surface area is 169 Å². The summed E-state index contributed by atoms with van der Waals surface area (Å²) in [5, 5.41) is 49.3. The maximum Gasteiger partial charge on any atom is 0.231 e. The molecule has 0 saturated carbocycles. The average molecular weight is 399 g/mol. The van der Waals surface area contributed by atoms with E-state index in [4.69, 9.17) is 14.7 Å². The molecule has 0 radical (unpaired) electrons. The van der Waals surface area contributed by atoms with Gasteiger partial charge in [-0.2, -0.15) is 5.26 Å². The van der Waals surface area contributed by atoms with Gasteiger partial charge < -0.3 is 29.9 Å². The Morgan fingerprint density at radius 3 is 2.48 bits per heavy atom. The van der Waals surface area contributed by atoms with Gasteiger partial charge in [0.15, 0.2) is 5.60 Å². The zero-order valence-electron chi connectivity index (χ0n) is 16.5. The van der Waals surface area contributed by atoms with Crippen molar-refractivity contribution in [1.29, 1.82) is 5.26 Å². The highest BCUT2D eigenvalue weighted by atomic mass is 16.7. The van der Waals surface area contributed by atoms with Crippen LogP contribution in [0.1, 0.15) is 23.6 Å². The second-order valence-corrected chi connectivity index (χ2v) is 7.59. The maximum atomic E-state index is 10.6. The highest BCUT2D eigenvalue weighted by Crippen LogP contribution is 2.34. The van der Waals surface area contributed by atoms with E-state index in [0.29, 0.717) is 11.3 Å². The van der Waals surface area contributed by atoms with Crippen LogP contribution in [-0.4, -0.2) is 57.2 Å². The largest absolute Gasteiger partial charge is 0.461 e. The zero-order valence-corrected chi connectivity index (χ0v) is 16.5. The first-order valence-electron chi connectivity index (χ1n) is 9.32. The van der Waals surface area contributed by atoms with Crippen molar-refractivity contribution in [2.24, 2.45) is 0 Å². The Morgan fingerprint density at radius 2 is 1.86 bits per heavy atom. The molecule has 1 saturated heterocycles. The minimum absolute atomic E-state index is 0.424. The van der Waals surface area contributed by atoms with E-state index in [9.17, 15) is 20.4 Å².